The van der Waals surface area contributed by atoms with E-state index in [9.17, 15) is 26.4 Å². The Kier molecular flexibility index (Phi) is 7.56. The number of carbonyl (C=O) groups excluding carboxylic acids is 1. The zero-order chi connectivity index (χ0) is 26.6. The average Bonchev–Trinajstić information content (AvgIpc) is 2.88. The lowest BCUT2D eigenvalue weighted by molar-refractivity contribution is -0.137. The van der Waals surface area contributed by atoms with Gasteiger partial charge in [-0.25, -0.2) is 8.42 Å². The number of hydrogen-bond acceptors (Lipinski definition) is 3. The molecule has 4 rings (SSSR count). The van der Waals surface area contributed by atoms with E-state index in [2.05, 4.69) is 5.32 Å². The van der Waals surface area contributed by atoms with Gasteiger partial charge in [-0.2, -0.15) is 13.2 Å². The Bertz CT molecular complexity index is 1510. The second-order valence-corrected chi connectivity index (χ2v) is 10.2. The normalized spacial score (nSPS) is 11.7. The van der Waals surface area contributed by atoms with E-state index in [4.69, 9.17) is 11.6 Å². The maximum atomic E-state index is 13.5. The minimum absolute atomic E-state index is 0.207. The Balaban J connectivity index is 1.74. The number of alkyl halides is 3. The van der Waals surface area contributed by atoms with Crippen molar-refractivity contribution in [3.63, 3.8) is 0 Å². The SMILES string of the molecule is O=C(CN(c1cc(C(F)(F)F)ccc1Cl)S(=O)(=O)c1ccccc1)Nc1ccccc1-c1ccccc1. The molecule has 0 bridgehead atoms. The van der Waals surface area contributed by atoms with Crippen LogP contribution < -0.4 is 9.62 Å². The quantitative estimate of drug-likeness (QED) is 0.276. The molecule has 0 fully saturated rings. The molecule has 0 heterocycles. The Hall–Kier alpha value is -3.82. The summed E-state index contributed by atoms with van der Waals surface area (Å²) in [5.74, 6) is -0.767. The summed E-state index contributed by atoms with van der Waals surface area (Å²) in [6, 6.07) is 25.5. The molecule has 0 aliphatic carbocycles. The summed E-state index contributed by atoms with van der Waals surface area (Å²) >= 11 is 6.18. The summed E-state index contributed by atoms with van der Waals surface area (Å²) < 4.78 is 68.0. The van der Waals surface area contributed by atoms with Gasteiger partial charge in [0.2, 0.25) is 5.91 Å². The third-order valence-corrected chi connectivity index (χ3v) is 7.54. The second kappa shape index (κ2) is 10.7. The Labute approximate surface area is 217 Å². The number of para-hydroxylation sites is 1. The van der Waals surface area contributed by atoms with Crippen molar-refractivity contribution < 1.29 is 26.4 Å². The summed E-state index contributed by atoms with van der Waals surface area (Å²) in [5, 5.41) is 2.43. The highest BCUT2D eigenvalue weighted by Gasteiger charge is 2.34. The van der Waals surface area contributed by atoms with Gasteiger partial charge in [-0.15, -0.1) is 0 Å². The molecule has 0 aromatic heterocycles. The van der Waals surface area contributed by atoms with Gasteiger partial charge < -0.3 is 5.32 Å². The van der Waals surface area contributed by atoms with E-state index < -0.39 is 39.9 Å². The number of halogens is 4. The van der Waals surface area contributed by atoms with Crippen molar-refractivity contribution in [1.29, 1.82) is 0 Å². The van der Waals surface area contributed by atoms with E-state index in [1.54, 1.807) is 30.3 Å². The molecule has 0 radical (unpaired) electrons. The van der Waals surface area contributed by atoms with Crippen LogP contribution in [0.1, 0.15) is 5.56 Å². The molecule has 190 valence electrons. The largest absolute Gasteiger partial charge is 0.416 e. The number of sulfonamides is 1. The molecule has 0 aliphatic heterocycles. The van der Waals surface area contributed by atoms with Gasteiger partial charge in [0.05, 0.1) is 21.2 Å². The van der Waals surface area contributed by atoms with Crippen LogP contribution in [0.15, 0.2) is 108 Å². The fourth-order valence-electron chi connectivity index (χ4n) is 3.68. The molecule has 0 spiro atoms. The highest BCUT2D eigenvalue weighted by Crippen LogP contribution is 2.37. The molecule has 10 heteroatoms. The molecule has 37 heavy (non-hydrogen) atoms. The molecule has 0 aliphatic rings. The first-order valence-corrected chi connectivity index (χ1v) is 12.8. The maximum absolute atomic E-state index is 13.5. The molecule has 1 N–H and O–H groups in total. The number of nitrogens with zero attached hydrogens (tertiary/aromatic N) is 1. The van der Waals surface area contributed by atoms with Gasteiger partial charge in [-0.3, -0.25) is 9.10 Å². The van der Waals surface area contributed by atoms with Crippen LogP contribution in [0.2, 0.25) is 5.02 Å². The van der Waals surface area contributed by atoms with Crippen LogP contribution in [0.4, 0.5) is 24.5 Å². The highest BCUT2D eigenvalue weighted by molar-refractivity contribution is 7.92. The van der Waals surface area contributed by atoms with E-state index in [0.717, 1.165) is 17.7 Å². The van der Waals surface area contributed by atoms with E-state index in [1.807, 2.05) is 30.3 Å². The van der Waals surface area contributed by atoms with Crippen molar-refractivity contribution in [1.82, 2.24) is 0 Å². The Morgan fingerprint density at radius 1 is 0.838 bits per heavy atom. The number of anilines is 2. The lowest BCUT2D eigenvalue weighted by Gasteiger charge is -2.26. The molecule has 0 atom stereocenters. The molecule has 5 nitrogen and oxygen atoms in total. The Morgan fingerprint density at radius 3 is 2.08 bits per heavy atom. The van der Waals surface area contributed by atoms with Crippen molar-refractivity contribution in [2.75, 3.05) is 16.2 Å². The summed E-state index contributed by atoms with van der Waals surface area (Å²) in [6.45, 7) is -0.818. The molecular weight excluding hydrogens is 525 g/mol. The van der Waals surface area contributed by atoms with Gasteiger partial charge in [-0.05, 0) is 42.0 Å². The van der Waals surface area contributed by atoms with E-state index in [0.29, 0.717) is 21.6 Å². The van der Waals surface area contributed by atoms with Crippen molar-refractivity contribution >= 4 is 38.9 Å². The van der Waals surface area contributed by atoms with Crippen LogP contribution in [-0.2, 0) is 21.0 Å². The molecule has 0 saturated carbocycles. The summed E-state index contributed by atoms with van der Waals surface area (Å²) in [4.78, 5) is 13.0. The minimum atomic E-state index is -4.75. The van der Waals surface area contributed by atoms with Gasteiger partial charge in [-0.1, -0.05) is 78.3 Å². The predicted octanol–water partition coefficient (Wildman–Crippen LogP) is 6.86. The molecule has 1 amide bonds. The number of amides is 1. The zero-order valence-electron chi connectivity index (χ0n) is 19.1. The number of hydrogen-bond donors (Lipinski definition) is 1. The first-order chi connectivity index (χ1) is 17.6. The summed E-state index contributed by atoms with van der Waals surface area (Å²) in [7, 11) is -4.47. The van der Waals surface area contributed by atoms with Crippen LogP contribution in [0.5, 0.6) is 0 Å². The van der Waals surface area contributed by atoms with Crippen molar-refractivity contribution in [2.45, 2.75) is 11.1 Å². The van der Waals surface area contributed by atoms with Gasteiger partial charge in [0.1, 0.15) is 6.54 Å². The summed E-state index contributed by atoms with van der Waals surface area (Å²) in [5.41, 5.74) is 0.340. The van der Waals surface area contributed by atoms with Crippen molar-refractivity contribution in [3.05, 3.63) is 114 Å². The van der Waals surface area contributed by atoms with Crippen LogP contribution in [0.3, 0.4) is 0 Å². The highest BCUT2D eigenvalue weighted by atomic mass is 35.5. The number of carbonyl (C=O) groups is 1. The average molecular weight is 545 g/mol. The van der Waals surface area contributed by atoms with Crippen LogP contribution in [0, 0.1) is 0 Å². The minimum Gasteiger partial charge on any atom is -0.324 e. The lowest BCUT2D eigenvalue weighted by atomic mass is 10.0. The van der Waals surface area contributed by atoms with Crippen LogP contribution >= 0.6 is 11.6 Å². The molecule has 4 aromatic carbocycles. The number of nitrogens with one attached hydrogen (secondary N) is 1. The fourth-order valence-corrected chi connectivity index (χ4v) is 5.40. The smallest absolute Gasteiger partial charge is 0.324 e. The van der Waals surface area contributed by atoms with Crippen molar-refractivity contribution in [2.24, 2.45) is 0 Å². The van der Waals surface area contributed by atoms with Gasteiger partial charge in [0, 0.05) is 11.3 Å². The summed E-state index contributed by atoms with van der Waals surface area (Å²) in [6.07, 6.45) is -4.75. The Morgan fingerprint density at radius 2 is 1.43 bits per heavy atom. The lowest BCUT2D eigenvalue weighted by Crippen LogP contribution is -2.38. The van der Waals surface area contributed by atoms with E-state index in [-0.39, 0.29) is 9.92 Å². The molecule has 4 aromatic rings. The third-order valence-electron chi connectivity index (χ3n) is 5.45. The standard InChI is InChI=1S/C27H20ClF3N2O3S/c28-23-16-15-20(27(29,30)31)17-25(23)33(37(35,36)21-11-5-2-6-12-21)18-26(34)32-24-14-8-7-13-22(24)19-9-3-1-4-10-19/h1-17H,18H2,(H,32,34). The number of benzene rings is 4. The first kappa shape index (κ1) is 26.2. The maximum Gasteiger partial charge on any atom is 0.416 e. The van der Waals surface area contributed by atoms with E-state index >= 15 is 0 Å². The monoisotopic (exact) mass is 544 g/mol. The van der Waals surface area contributed by atoms with Gasteiger partial charge >= 0.3 is 6.18 Å². The fraction of sp³-hybridized carbons (Fsp3) is 0.0741. The topological polar surface area (TPSA) is 66.5 Å². The molecule has 0 unspecified atom stereocenters. The van der Waals surface area contributed by atoms with Crippen LogP contribution in [0.25, 0.3) is 11.1 Å². The number of rotatable bonds is 7. The third kappa shape index (κ3) is 5.95. The second-order valence-electron chi connectivity index (χ2n) is 7.95. The predicted molar refractivity (Wildman–Crippen MR) is 138 cm³/mol. The van der Waals surface area contributed by atoms with Crippen molar-refractivity contribution in [3.8, 4) is 11.1 Å². The molecular formula is C27H20ClF3N2O3S. The van der Waals surface area contributed by atoms with Crippen LogP contribution in [-0.4, -0.2) is 20.9 Å². The van der Waals surface area contributed by atoms with Gasteiger partial charge in [0.25, 0.3) is 10.0 Å². The first-order valence-electron chi connectivity index (χ1n) is 11.0. The molecule has 0 saturated heterocycles. The zero-order valence-corrected chi connectivity index (χ0v) is 20.7. The van der Waals surface area contributed by atoms with Gasteiger partial charge in [0.15, 0.2) is 0 Å². The van der Waals surface area contributed by atoms with E-state index in [1.165, 1.54) is 24.3 Å².